The molecule has 0 radical (unpaired) electrons. The summed E-state index contributed by atoms with van der Waals surface area (Å²) < 4.78 is 23.9. The molecule has 2 aromatic heterocycles. The van der Waals surface area contributed by atoms with Crippen LogP contribution in [0.25, 0.3) is 21.7 Å². The number of amides is 1. The van der Waals surface area contributed by atoms with Gasteiger partial charge in [0, 0.05) is 17.0 Å². The van der Waals surface area contributed by atoms with Crippen LogP contribution in [0.15, 0.2) is 53.6 Å². The van der Waals surface area contributed by atoms with E-state index in [2.05, 4.69) is 20.6 Å². The minimum atomic E-state index is -1.87. The number of carbonyl (C=O) groups excluding carboxylic acids is 3. The fraction of sp³-hybridized carbons (Fsp3) is 0.419. The molecule has 0 saturated carbocycles. The van der Waals surface area contributed by atoms with Crippen molar-refractivity contribution in [2.45, 2.75) is 65.3 Å². The number of nitrogens with zero attached hydrogens (tertiary/aromatic N) is 3. The molecule has 4 atom stereocenters. The van der Waals surface area contributed by atoms with Crippen molar-refractivity contribution in [2.75, 3.05) is 11.9 Å². The number of rotatable bonds is 9. The molecule has 3 N–H and O–H groups in total. The number of benzene rings is 1. The van der Waals surface area contributed by atoms with E-state index >= 15 is 0 Å². The van der Waals surface area contributed by atoms with Crippen molar-refractivity contribution in [1.82, 2.24) is 20.0 Å². The van der Waals surface area contributed by atoms with Crippen molar-refractivity contribution in [3.63, 3.8) is 0 Å². The van der Waals surface area contributed by atoms with Gasteiger partial charge in [0.25, 0.3) is 5.56 Å². The van der Waals surface area contributed by atoms with E-state index in [0.29, 0.717) is 10.8 Å². The zero-order valence-electron chi connectivity index (χ0n) is 25.5. The van der Waals surface area contributed by atoms with Gasteiger partial charge in [0.2, 0.25) is 0 Å². The zero-order valence-corrected chi connectivity index (χ0v) is 25.5. The Bertz CT molecular complexity index is 1780. The van der Waals surface area contributed by atoms with Crippen LogP contribution in [0.3, 0.4) is 0 Å². The number of hydrogen-bond acceptors (Lipinski definition) is 11. The molecular weight excluding hydrogens is 586 g/mol. The maximum absolute atomic E-state index is 12.8. The van der Waals surface area contributed by atoms with Gasteiger partial charge in [0.15, 0.2) is 12.3 Å². The third kappa shape index (κ3) is 6.51. The summed E-state index contributed by atoms with van der Waals surface area (Å²) in [6.07, 6.45) is -1.49. The van der Waals surface area contributed by atoms with Gasteiger partial charge in [-0.2, -0.15) is 10.2 Å². The number of esters is 2. The highest BCUT2D eigenvalue weighted by atomic mass is 16.6. The monoisotopic (exact) mass is 621 g/mol. The first-order valence-corrected chi connectivity index (χ1v) is 14.5. The summed E-state index contributed by atoms with van der Waals surface area (Å²) in [6.45, 7) is 7.80. The van der Waals surface area contributed by atoms with E-state index in [-0.39, 0.29) is 29.8 Å². The quantitative estimate of drug-likeness (QED) is 0.184. The van der Waals surface area contributed by atoms with Crippen molar-refractivity contribution >= 4 is 45.4 Å². The topological polar surface area (TPSA) is 184 Å². The second kappa shape index (κ2) is 12.7. The fourth-order valence-corrected chi connectivity index (χ4v) is 5.03. The molecule has 1 amide bonds. The Labute approximate surface area is 257 Å². The van der Waals surface area contributed by atoms with Crippen LogP contribution in [0.2, 0.25) is 0 Å². The summed E-state index contributed by atoms with van der Waals surface area (Å²) in [5, 5.41) is 26.4. The van der Waals surface area contributed by atoms with E-state index in [0.717, 1.165) is 5.56 Å². The van der Waals surface area contributed by atoms with Crippen LogP contribution in [-0.2, 0) is 35.1 Å². The van der Waals surface area contributed by atoms with Crippen molar-refractivity contribution in [3.05, 3.63) is 64.7 Å². The van der Waals surface area contributed by atoms with Gasteiger partial charge in [-0.05, 0) is 18.6 Å². The molecule has 2 aromatic carbocycles. The maximum Gasteiger partial charge on any atom is 0.411 e. The van der Waals surface area contributed by atoms with Crippen LogP contribution in [0, 0.1) is 11.8 Å². The van der Waals surface area contributed by atoms with Crippen molar-refractivity contribution in [3.8, 4) is 0 Å². The first kappa shape index (κ1) is 31.6. The van der Waals surface area contributed by atoms with Crippen LogP contribution in [0.4, 0.5) is 10.5 Å². The van der Waals surface area contributed by atoms with Gasteiger partial charge in [-0.3, -0.25) is 19.7 Å². The van der Waals surface area contributed by atoms with Crippen LogP contribution in [0.1, 0.15) is 46.4 Å². The molecule has 0 spiro atoms. The average Bonchev–Trinajstić information content (AvgIpc) is 3.42. The molecule has 14 heteroatoms. The lowest BCUT2D eigenvalue weighted by molar-refractivity contribution is -0.169. The Balaban J connectivity index is 1.52. The van der Waals surface area contributed by atoms with Crippen LogP contribution in [0.5, 0.6) is 0 Å². The number of H-pyrrole nitrogens is 1. The van der Waals surface area contributed by atoms with E-state index in [4.69, 9.17) is 18.9 Å². The second-order valence-electron chi connectivity index (χ2n) is 11.7. The Morgan fingerprint density at radius 1 is 1.09 bits per heavy atom. The van der Waals surface area contributed by atoms with E-state index < -0.39 is 59.5 Å². The third-order valence-electron chi connectivity index (χ3n) is 7.44. The van der Waals surface area contributed by atoms with Crippen molar-refractivity contribution in [1.29, 1.82) is 0 Å². The zero-order chi connectivity index (χ0) is 32.5. The van der Waals surface area contributed by atoms with Gasteiger partial charge in [-0.25, -0.2) is 14.6 Å². The minimum absolute atomic E-state index is 0.0240. The van der Waals surface area contributed by atoms with Crippen LogP contribution in [-0.4, -0.2) is 67.5 Å². The highest BCUT2D eigenvalue weighted by molar-refractivity contribution is 6.16. The Morgan fingerprint density at radius 3 is 2.49 bits per heavy atom. The summed E-state index contributed by atoms with van der Waals surface area (Å²) in [5.41, 5.74) is -1.13. The fourth-order valence-electron chi connectivity index (χ4n) is 5.03. The molecule has 4 unspecified atom stereocenters. The van der Waals surface area contributed by atoms with Crippen LogP contribution < -0.4 is 10.9 Å². The minimum Gasteiger partial charge on any atom is -0.463 e. The molecule has 5 rings (SSSR count). The predicted octanol–water partition coefficient (Wildman–Crippen LogP) is 3.44. The van der Waals surface area contributed by atoms with Gasteiger partial charge in [0.1, 0.15) is 30.4 Å². The van der Waals surface area contributed by atoms with Crippen molar-refractivity contribution < 1.29 is 38.4 Å². The molecule has 1 aliphatic heterocycles. The molecule has 1 aliphatic rings. The molecular formula is C31H35N5O9. The van der Waals surface area contributed by atoms with E-state index in [1.165, 1.54) is 30.1 Å². The van der Waals surface area contributed by atoms with E-state index in [9.17, 15) is 24.3 Å². The van der Waals surface area contributed by atoms with E-state index in [1.807, 2.05) is 30.3 Å². The highest BCUT2D eigenvalue weighted by Crippen LogP contribution is 2.42. The van der Waals surface area contributed by atoms with Gasteiger partial charge in [-0.1, -0.05) is 58.0 Å². The molecule has 1 fully saturated rings. The Kier molecular flexibility index (Phi) is 8.89. The smallest absolute Gasteiger partial charge is 0.411 e. The molecule has 45 heavy (non-hydrogen) atoms. The number of aromatic amines is 1. The summed E-state index contributed by atoms with van der Waals surface area (Å²) in [6, 6.07) is 10.6. The molecule has 3 heterocycles. The normalized spacial score (nSPS) is 21.4. The third-order valence-corrected chi connectivity index (χ3v) is 7.44. The molecule has 1 saturated heterocycles. The molecule has 238 valence electrons. The van der Waals surface area contributed by atoms with Gasteiger partial charge < -0.3 is 24.1 Å². The first-order chi connectivity index (χ1) is 21.4. The summed E-state index contributed by atoms with van der Waals surface area (Å²) in [5.74, 6) is -1.99. The molecule has 0 bridgehead atoms. The van der Waals surface area contributed by atoms with Crippen molar-refractivity contribution in [2.24, 2.45) is 11.8 Å². The summed E-state index contributed by atoms with van der Waals surface area (Å²) in [4.78, 5) is 50.5. The number of nitrogens with one attached hydrogen (secondary N) is 2. The number of aromatic nitrogens is 4. The largest absolute Gasteiger partial charge is 0.463 e. The molecule has 4 aromatic rings. The molecule has 14 nitrogen and oxygen atoms in total. The number of anilines is 1. The van der Waals surface area contributed by atoms with Crippen LogP contribution >= 0.6 is 0 Å². The standard InChI is InChI=1S/C31H35N5O9/c1-16(2)27(38)42-15-23-25(45-28(39)17(3)4)31(5,41)29(44-23)36-13-20-21(33-30(40)43-14-18-9-7-6-8-10-18)11-19-24(20)22(35-36)12-32-34-26(19)37/h6-13,16-17,23,25,29,41H,14-15H2,1-5H3,(H,33,40)(H,34,37). The van der Waals surface area contributed by atoms with E-state index in [1.54, 1.807) is 27.7 Å². The summed E-state index contributed by atoms with van der Waals surface area (Å²) >= 11 is 0. The maximum atomic E-state index is 12.8. The predicted molar refractivity (Wildman–Crippen MR) is 161 cm³/mol. The van der Waals surface area contributed by atoms with Gasteiger partial charge in [0.05, 0.1) is 29.1 Å². The summed E-state index contributed by atoms with van der Waals surface area (Å²) in [7, 11) is 0. The Morgan fingerprint density at radius 2 is 1.80 bits per heavy atom. The lowest BCUT2D eigenvalue weighted by Gasteiger charge is -2.30. The highest BCUT2D eigenvalue weighted by Gasteiger charge is 2.57. The first-order valence-electron chi connectivity index (χ1n) is 14.5. The number of aliphatic hydroxyl groups is 1. The number of ether oxygens (including phenoxy) is 4. The number of hydrogen-bond donors (Lipinski definition) is 3. The average molecular weight is 622 g/mol. The SMILES string of the molecule is CC(C)C(=O)OCC1OC(n2cc3c(NC(=O)OCc4ccccc4)cc4c(=O)[nH]ncc(n2)c34)C(C)(O)C1OC(=O)C(C)C. The lowest BCUT2D eigenvalue weighted by Crippen LogP contribution is -2.48. The molecule has 0 aliphatic carbocycles. The number of carbonyl (C=O) groups is 3. The lowest BCUT2D eigenvalue weighted by atomic mass is 9.96. The van der Waals surface area contributed by atoms with Gasteiger partial charge in [-0.15, -0.1) is 0 Å². The van der Waals surface area contributed by atoms with Gasteiger partial charge >= 0.3 is 18.0 Å². The Hall–Kier alpha value is -4.82. The second-order valence-corrected chi connectivity index (χ2v) is 11.7.